The van der Waals surface area contributed by atoms with Crippen LogP contribution in [0.3, 0.4) is 0 Å². The zero-order valence-electron chi connectivity index (χ0n) is 13.7. The predicted molar refractivity (Wildman–Crippen MR) is 93.3 cm³/mol. The van der Waals surface area contributed by atoms with Crippen LogP contribution in [0.4, 0.5) is 5.69 Å². The number of anilines is 1. The zero-order chi connectivity index (χ0) is 16.9. The van der Waals surface area contributed by atoms with Crippen LogP contribution in [0, 0.1) is 0 Å². The highest BCUT2D eigenvalue weighted by atomic mass is 16.2. The summed E-state index contributed by atoms with van der Waals surface area (Å²) in [5.74, 6) is -0.242. The van der Waals surface area contributed by atoms with Gasteiger partial charge in [-0.3, -0.25) is 4.79 Å². The highest BCUT2D eigenvalue weighted by Gasteiger charge is 2.11. The number of hydrogen-bond acceptors (Lipinski definition) is 4. The lowest BCUT2D eigenvalue weighted by atomic mass is 10.2. The summed E-state index contributed by atoms with van der Waals surface area (Å²) in [6, 6.07) is 17.5. The van der Waals surface area contributed by atoms with Crippen LogP contribution in [-0.4, -0.2) is 35.0 Å². The largest absolute Gasteiger partial charge is 0.378 e. The molecule has 0 fully saturated rings. The summed E-state index contributed by atoms with van der Waals surface area (Å²) in [5, 5.41) is 11.2. The first-order chi connectivity index (χ1) is 11.6. The number of nitrogens with one attached hydrogen (secondary N) is 1. The van der Waals surface area contributed by atoms with Crippen molar-refractivity contribution in [1.82, 2.24) is 20.3 Å². The molecular formula is C18H19N5O. The van der Waals surface area contributed by atoms with Crippen molar-refractivity contribution in [3.05, 3.63) is 72.1 Å². The summed E-state index contributed by atoms with van der Waals surface area (Å²) in [7, 11) is 3.99. The van der Waals surface area contributed by atoms with Gasteiger partial charge in [0.25, 0.3) is 5.91 Å². The Bertz CT molecular complexity index is 809. The Balaban J connectivity index is 1.62. The molecule has 1 aromatic heterocycles. The molecule has 3 rings (SSSR count). The zero-order valence-corrected chi connectivity index (χ0v) is 13.7. The van der Waals surface area contributed by atoms with E-state index in [1.807, 2.05) is 73.6 Å². The van der Waals surface area contributed by atoms with Gasteiger partial charge in [-0.05, 0) is 29.8 Å². The fourth-order valence-electron chi connectivity index (χ4n) is 2.24. The third-order valence-corrected chi connectivity index (χ3v) is 3.62. The Morgan fingerprint density at radius 2 is 1.79 bits per heavy atom. The summed E-state index contributed by atoms with van der Waals surface area (Å²) in [4.78, 5) is 15.7. The van der Waals surface area contributed by atoms with Gasteiger partial charge in [0.05, 0.1) is 11.9 Å². The SMILES string of the molecule is CN(C)c1ccc(CNC(=O)c2cnn(-c3ccccc3)n2)cc1. The standard InChI is InChI=1S/C18H19N5O/c1-22(2)15-10-8-14(9-11-15)12-19-18(24)17-13-20-23(21-17)16-6-4-3-5-7-16/h3-11,13H,12H2,1-2H3,(H,19,24). The van der Waals surface area contributed by atoms with Crippen LogP contribution in [0.1, 0.15) is 16.1 Å². The average molecular weight is 321 g/mol. The van der Waals surface area contributed by atoms with Gasteiger partial charge in [-0.25, -0.2) is 0 Å². The van der Waals surface area contributed by atoms with Crippen molar-refractivity contribution >= 4 is 11.6 Å². The molecule has 6 heteroatoms. The molecule has 0 saturated heterocycles. The molecule has 24 heavy (non-hydrogen) atoms. The molecule has 0 aliphatic heterocycles. The lowest BCUT2D eigenvalue weighted by molar-refractivity contribution is 0.0945. The van der Waals surface area contributed by atoms with Gasteiger partial charge in [0, 0.05) is 26.3 Å². The molecule has 1 heterocycles. The van der Waals surface area contributed by atoms with E-state index in [9.17, 15) is 4.79 Å². The third kappa shape index (κ3) is 3.60. The quantitative estimate of drug-likeness (QED) is 0.783. The van der Waals surface area contributed by atoms with Crippen LogP contribution in [-0.2, 0) is 6.54 Å². The van der Waals surface area contributed by atoms with Crippen LogP contribution in [0.5, 0.6) is 0 Å². The second-order valence-electron chi connectivity index (χ2n) is 5.60. The second kappa shape index (κ2) is 6.95. The Hall–Kier alpha value is -3.15. The van der Waals surface area contributed by atoms with Crippen molar-refractivity contribution in [2.24, 2.45) is 0 Å². The van der Waals surface area contributed by atoms with Crippen LogP contribution in [0.25, 0.3) is 5.69 Å². The summed E-state index contributed by atoms with van der Waals surface area (Å²) in [5.41, 5.74) is 3.26. The molecule has 1 N–H and O–H groups in total. The monoisotopic (exact) mass is 321 g/mol. The normalized spacial score (nSPS) is 10.4. The van der Waals surface area contributed by atoms with E-state index < -0.39 is 0 Å². The highest BCUT2D eigenvalue weighted by Crippen LogP contribution is 2.12. The summed E-state index contributed by atoms with van der Waals surface area (Å²) < 4.78 is 0. The van der Waals surface area contributed by atoms with Gasteiger partial charge in [-0.2, -0.15) is 9.90 Å². The van der Waals surface area contributed by atoms with Crippen molar-refractivity contribution in [1.29, 1.82) is 0 Å². The van der Waals surface area contributed by atoms with Crippen molar-refractivity contribution in [3.63, 3.8) is 0 Å². The number of benzene rings is 2. The van der Waals surface area contributed by atoms with E-state index in [4.69, 9.17) is 0 Å². The van der Waals surface area contributed by atoms with E-state index in [1.54, 1.807) is 0 Å². The van der Waals surface area contributed by atoms with E-state index in [2.05, 4.69) is 15.5 Å². The Kier molecular flexibility index (Phi) is 4.56. The number of rotatable bonds is 5. The van der Waals surface area contributed by atoms with Gasteiger partial charge in [0.15, 0.2) is 5.69 Å². The maximum Gasteiger partial charge on any atom is 0.273 e. The summed E-state index contributed by atoms with van der Waals surface area (Å²) >= 11 is 0. The predicted octanol–water partition coefficient (Wildman–Crippen LogP) is 2.26. The molecule has 3 aromatic rings. The third-order valence-electron chi connectivity index (χ3n) is 3.62. The number of hydrogen-bond donors (Lipinski definition) is 1. The van der Waals surface area contributed by atoms with E-state index in [1.165, 1.54) is 11.0 Å². The minimum absolute atomic E-state index is 0.242. The van der Waals surface area contributed by atoms with E-state index >= 15 is 0 Å². The minimum Gasteiger partial charge on any atom is -0.378 e. The van der Waals surface area contributed by atoms with Gasteiger partial charge >= 0.3 is 0 Å². The van der Waals surface area contributed by atoms with Gasteiger partial charge in [-0.15, -0.1) is 5.10 Å². The number of carbonyl (C=O) groups is 1. The number of para-hydroxylation sites is 1. The maximum atomic E-state index is 12.2. The smallest absolute Gasteiger partial charge is 0.273 e. The molecule has 0 spiro atoms. The molecule has 0 aliphatic rings. The average Bonchev–Trinajstić information content (AvgIpc) is 3.11. The number of nitrogens with zero attached hydrogens (tertiary/aromatic N) is 4. The Morgan fingerprint density at radius 1 is 1.08 bits per heavy atom. The van der Waals surface area contributed by atoms with Gasteiger partial charge in [-0.1, -0.05) is 30.3 Å². The number of amides is 1. The number of carbonyl (C=O) groups excluding carboxylic acids is 1. The van der Waals surface area contributed by atoms with E-state index in [0.29, 0.717) is 12.2 Å². The fraction of sp³-hybridized carbons (Fsp3) is 0.167. The first-order valence-corrected chi connectivity index (χ1v) is 7.66. The lowest BCUT2D eigenvalue weighted by Gasteiger charge is -2.12. The first-order valence-electron chi connectivity index (χ1n) is 7.66. The van der Waals surface area contributed by atoms with E-state index in [-0.39, 0.29) is 5.91 Å². The molecule has 0 bridgehead atoms. The summed E-state index contributed by atoms with van der Waals surface area (Å²) in [6.45, 7) is 0.449. The molecule has 0 saturated carbocycles. The van der Waals surface area contributed by atoms with Crippen molar-refractivity contribution in [2.45, 2.75) is 6.54 Å². The van der Waals surface area contributed by atoms with Crippen LogP contribution in [0.2, 0.25) is 0 Å². The van der Waals surface area contributed by atoms with Crippen LogP contribution >= 0.6 is 0 Å². The molecule has 1 amide bonds. The first kappa shape index (κ1) is 15.7. The fourth-order valence-corrected chi connectivity index (χ4v) is 2.24. The molecule has 122 valence electrons. The van der Waals surface area contributed by atoms with Crippen molar-refractivity contribution in [2.75, 3.05) is 19.0 Å². The molecule has 2 aromatic carbocycles. The maximum absolute atomic E-state index is 12.2. The Labute approximate surface area is 140 Å². The van der Waals surface area contributed by atoms with Gasteiger partial charge in [0.2, 0.25) is 0 Å². The molecule has 0 radical (unpaired) electrons. The van der Waals surface area contributed by atoms with Crippen LogP contribution < -0.4 is 10.2 Å². The highest BCUT2D eigenvalue weighted by molar-refractivity contribution is 5.91. The number of aromatic nitrogens is 3. The lowest BCUT2D eigenvalue weighted by Crippen LogP contribution is -2.23. The van der Waals surface area contributed by atoms with E-state index in [0.717, 1.165) is 16.9 Å². The molecule has 0 unspecified atom stereocenters. The topological polar surface area (TPSA) is 63.1 Å². The van der Waals surface area contributed by atoms with Crippen LogP contribution in [0.15, 0.2) is 60.8 Å². The van der Waals surface area contributed by atoms with Gasteiger partial charge < -0.3 is 10.2 Å². The molecule has 6 nitrogen and oxygen atoms in total. The Morgan fingerprint density at radius 3 is 2.46 bits per heavy atom. The molecular weight excluding hydrogens is 302 g/mol. The second-order valence-corrected chi connectivity index (χ2v) is 5.60. The summed E-state index contributed by atoms with van der Waals surface area (Å²) in [6.07, 6.45) is 1.47. The molecule has 0 aliphatic carbocycles. The van der Waals surface area contributed by atoms with Crippen molar-refractivity contribution in [3.8, 4) is 5.69 Å². The molecule has 0 atom stereocenters. The van der Waals surface area contributed by atoms with Gasteiger partial charge in [0.1, 0.15) is 0 Å². The minimum atomic E-state index is -0.242. The van der Waals surface area contributed by atoms with Crippen molar-refractivity contribution < 1.29 is 4.79 Å².